The highest BCUT2D eigenvalue weighted by Gasteiger charge is 2.59. The lowest BCUT2D eigenvalue weighted by molar-refractivity contribution is -0.171. The summed E-state index contributed by atoms with van der Waals surface area (Å²) in [7, 11) is 0. The van der Waals surface area contributed by atoms with Crippen LogP contribution in [0.25, 0.3) is 10.9 Å². The van der Waals surface area contributed by atoms with Crippen molar-refractivity contribution in [3.8, 4) is 0 Å². The van der Waals surface area contributed by atoms with Gasteiger partial charge in [-0.1, -0.05) is 17.7 Å². The SMILES string of the molecule is CC(NC(=O)c1cn(C2COC2)c2cccc(Cl)c12)C12C[C@@H]3C[C@@H](CC(O)(C3)C1)C2. The summed E-state index contributed by atoms with van der Waals surface area (Å²) in [6, 6.07) is 6.08. The van der Waals surface area contributed by atoms with Crippen LogP contribution in [0.15, 0.2) is 24.4 Å². The molecule has 2 heterocycles. The quantitative estimate of drug-likeness (QED) is 0.762. The number of aliphatic hydroxyl groups is 1. The summed E-state index contributed by atoms with van der Waals surface area (Å²) in [4.78, 5) is 13.5. The molecule has 7 rings (SSSR count). The van der Waals surface area contributed by atoms with Crippen molar-refractivity contribution in [3.63, 3.8) is 0 Å². The summed E-state index contributed by atoms with van der Waals surface area (Å²) in [5.41, 5.74) is 1.11. The summed E-state index contributed by atoms with van der Waals surface area (Å²) in [6.07, 6.45) is 8.13. The van der Waals surface area contributed by atoms with Gasteiger partial charge in [0.05, 0.1) is 41.0 Å². The lowest BCUT2D eigenvalue weighted by Crippen LogP contribution is -2.61. The predicted octanol–water partition coefficient (Wildman–Crippen LogP) is 4.32. The number of rotatable bonds is 4. The van der Waals surface area contributed by atoms with Gasteiger partial charge in [0.25, 0.3) is 5.91 Å². The number of carbonyl (C=O) groups excluding carboxylic acids is 1. The number of hydrogen-bond acceptors (Lipinski definition) is 3. The molecule has 2 aromatic rings. The maximum absolute atomic E-state index is 13.5. The lowest BCUT2D eigenvalue weighted by atomic mass is 9.46. The van der Waals surface area contributed by atoms with Crippen molar-refractivity contribution < 1.29 is 14.6 Å². The smallest absolute Gasteiger partial charge is 0.253 e. The molecule has 160 valence electrons. The number of halogens is 1. The standard InChI is InChI=1S/C24H29ClN2O3/c1-14(23-6-15-5-16(7-23)9-24(29,8-15)13-23)26-22(28)18-10-27(17-11-30-12-17)20-4-2-3-19(25)21(18)20/h2-4,10,14-17,29H,5-9,11-13H2,1H3,(H,26,28)/t14?,15-,16+,23?,24?. The summed E-state index contributed by atoms with van der Waals surface area (Å²) in [6.45, 7) is 3.46. The Morgan fingerprint density at radius 3 is 2.63 bits per heavy atom. The first-order chi connectivity index (χ1) is 14.4. The third-order valence-electron chi connectivity index (χ3n) is 8.41. The van der Waals surface area contributed by atoms with Crippen LogP contribution in [0.5, 0.6) is 0 Å². The zero-order valence-corrected chi connectivity index (χ0v) is 18.1. The van der Waals surface area contributed by atoms with Gasteiger partial charge in [-0.05, 0) is 74.8 Å². The van der Waals surface area contributed by atoms with E-state index in [0.717, 1.165) is 43.0 Å². The number of nitrogens with one attached hydrogen (secondary N) is 1. The van der Waals surface area contributed by atoms with Gasteiger partial charge < -0.3 is 19.7 Å². The molecule has 1 amide bonds. The van der Waals surface area contributed by atoms with Gasteiger partial charge in [-0.3, -0.25) is 4.79 Å². The molecule has 5 nitrogen and oxygen atoms in total. The van der Waals surface area contributed by atoms with Crippen LogP contribution < -0.4 is 5.32 Å². The number of aromatic nitrogens is 1. The molecular formula is C24H29ClN2O3. The topological polar surface area (TPSA) is 63.5 Å². The minimum Gasteiger partial charge on any atom is -0.390 e. The Labute approximate surface area is 181 Å². The summed E-state index contributed by atoms with van der Waals surface area (Å²) in [5.74, 6) is 1.14. The Bertz CT molecular complexity index is 1010. The fraction of sp³-hybridized carbons (Fsp3) is 0.625. The number of ether oxygens (including phenoxy) is 1. The maximum atomic E-state index is 13.5. The van der Waals surface area contributed by atoms with E-state index < -0.39 is 5.60 Å². The van der Waals surface area contributed by atoms with Crippen molar-refractivity contribution in [1.29, 1.82) is 0 Å². The third kappa shape index (κ3) is 2.78. The van der Waals surface area contributed by atoms with Gasteiger partial charge >= 0.3 is 0 Å². The summed E-state index contributed by atoms with van der Waals surface area (Å²) < 4.78 is 7.51. The van der Waals surface area contributed by atoms with Crippen molar-refractivity contribution >= 4 is 28.4 Å². The Balaban J connectivity index is 1.31. The zero-order chi connectivity index (χ0) is 20.7. The van der Waals surface area contributed by atoms with Crippen molar-refractivity contribution in [2.45, 2.75) is 63.1 Å². The van der Waals surface area contributed by atoms with Crippen LogP contribution in [-0.4, -0.2) is 40.4 Å². The molecule has 3 unspecified atom stereocenters. The average Bonchev–Trinajstić information content (AvgIpc) is 2.99. The van der Waals surface area contributed by atoms with E-state index in [1.54, 1.807) is 0 Å². The first kappa shape index (κ1) is 19.1. The van der Waals surface area contributed by atoms with E-state index in [1.165, 1.54) is 6.42 Å². The normalized spacial score (nSPS) is 36.1. The largest absolute Gasteiger partial charge is 0.390 e. The number of amides is 1. The maximum Gasteiger partial charge on any atom is 0.253 e. The minimum atomic E-state index is -0.521. The van der Waals surface area contributed by atoms with Crippen LogP contribution >= 0.6 is 11.6 Å². The number of nitrogens with zero attached hydrogens (tertiary/aromatic N) is 1. The molecule has 6 heteroatoms. The fourth-order valence-electron chi connectivity index (χ4n) is 7.34. The van der Waals surface area contributed by atoms with Crippen LogP contribution in [0.3, 0.4) is 0 Å². The highest BCUT2D eigenvalue weighted by molar-refractivity contribution is 6.36. The number of hydrogen-bond donors (Lipinski definition) is 2. The van der Waals surface area contributed by atoms with E-state index in [4.69, 9.17) is 16.3 Å². The van der Waals surface area contributed by atoms with E-state index in [0.29, 0.717) is 35.6 Å². The number of carbonyl (C=O) groups is 1. The molecule has 5 fully saturated rings. The highest BCUT2D eigenvalue weighted by atomic mass is 35.5. The van der Waals surface area contributed by atoms with Gasteiger partial charge in [0.1, 0.15) is 0 Å². The molecule has 4 saturated carbocycles. The van der Waals surface area contributed by atoms with E-state index in [-0.39, 0.29) is 23.4 Å². The molecule has 4 bridgehead atoms. The second-order valence-corrected chi connectivity index (χ2v) is 10.9. The van der Waals surface area contributed by atoms with Crippen LogP contribution in [-0.2, 0) is 4.74 Å². The van der Waals surface area contributed by atoms with Gasteiger partial charge in [0.15, 0.2) is 0 Å². The fourth-order valence-corrected chi connectivity index (χ4v) is 7.62. The van der Waals surface area contributed by atoms with Gasteiger partial charge in [-0.25, -0.2) is 0 Å². The Kier molecular flexibility index (Phi) is 4.13. The van der Waals surface area contributed by atoms with Crippen molar-refractivity contribution in [1.82, 2.24) is 9.88 Å². The van der Waals surface area contributed by atoms with Crippen molar-refractivity contribution in [2.24, 2.45) is 17.3 Å². The molecule has 1 aliphatic heterocycles. The zero-order valence-electron chi connectivity index (χ0n) is 17.4. The Morgan fingerprint density at radius 1 is 1.27 bits per heavy atom. The molecule has 1 aromatic heterocycles. The Hall–Kier alpha value is -1.56. The second-order valence-electron chi connectivity index (χ2n) is 10.5. The molecule has 0 radical (unpaired) electrons. The minimum absolute atomic E-state index is 0.0124. The van der Waals surface area contributed by atoms with Crippen molar-refractivity contribution in [3.05, 3.63) is 35.0 Å². The molecule has 0 spiro atoms. The molecule has 1 saturated heterocycles. The predicted molar refractivity (Wildman–Crippen MR) is 116 cm³/mol. The lowest BCUT2D eigenvalue weighted by Gasteiger charge is -2.62. The Morgan fingerprint density at radius 2 is 2.00 bits per heavy atom. The van der Waals surface area contributed by atoms with Gasteiger partial charge in [0.2, 0.25) is 0 Å². The first-order valence-corrected chi connectivity index (χ1v) is 11.6. The second kappa shape index (κ2) is 6.47. The van der Waals surface area contributed by atoms with E-state index >= 15 is 0 Å². The molecule has 2 N–H and O–H groups in total. The third-order valence-corrected chi connectivity index (χ3v) is 8.72. The number of benzene rings is 1. The van der Waals surface area contributed by atoms with E-state index in [2.05, 4.69) is 16.8 Å². The number of fused-ring (bicyclic) bond motifs is 1. The first-order valence-electron chi connectivity index (χ1n) is 11.3. The molecule has 5 aliphatic rings. The summed E-state index contributed by atoms with van der Waals surface area (Å²) >= 11 is 6.54. The van der Waals surface area contributed by atoms with Gasteiger partial charge in [-0.2, -0.15) is 0 Å². The monoisotopic (exact) mass is 428 g/mol. The van der Waals surface area contributed by atoms with Gasteiger partial charge in [0, 0.05) is 17.6 Å². The average molecular weight is 429 g/mol. The van der Waals surface area contributed by atoms with Crippen LogP contribution in [0.1, 0.15) is 61.8 Å². The van der Waals surface area contributed by atoms with Crippen molar-refractivity contribution in [2.75, 3.05) is 13.2 Å². The van der Waals surface area contributed by atoms with E-state index in [9.17, 15) is 9.90 Å². The molecule has 4 aliphatic carbocycles. The van der Waals surface area contributed by atoms with Gasteiger partial charge in [-0.15, -0.1) is 0 Å². The van der Waals surface area contributed by atoms with Crippen LogP contribution in [0.2, 0.25) is 5.02 Å². The van der Waals surface area contributed by atoms with E-state index in [1.807, 2.05) is 24.4 Å². The van der Waals surface area contributed by atoms with Crippen LogP contribution in [0, 0.1) is 17.3 Å². The molecular weight excluding hydrogens is 400 g/mol. The molecule has 30 heavy (non-hydrogen) atoms. The highest BCUT2D eigenvalue weighted by Crippen LogP contribution is 2.62. The molecule has 5 atom stereocenters. The summed E-state index contributed by atoms with van der Waals surface area (Å²) in [5, 5.41) is 15.8. The molecule has 1 aromatic carbocycles. The van der Waals surface area contributed by atoms with Crippen LogP contribution in [0.4, 0.5) is 0 Å².